The zero-order chi connectivity index (χ0) is 36.4. The third kappa shape index (κ3) is 40.8. The molecular formula is C46H86O4. The molecule has 0 aliphatic heterocycles. The predicted octanol–water partition coefficient (Wildman–Crippen LogP) is 15.6. The lowest BCUT2D eigenvalue weighted by Gasteiger charge is -2.17. The summed E-state index contributed by atoms with van der Waals surface area (Å²) in [4.78, 5) is 23.6. The third-order valence-electron chi connectivity index (χ3n) is 10.2. The van der Waals surface area contributed by atoms with E-state index in [9.17, 15) is 9.59 Å². The molecule has 0 aliphatic carbocycles. The highest BCUT2D eigenvalue weighted by Gasteiger charge is 2.16. The number of hydrogen-bond donors (Lipinski definition) is 1. The molecule has 4 heteroatoms. The maximum Gasteiger partial charge on any atom is 0.306 e. The van der Waals surface area contributed by atoms with E-state index in [1.807, 2.05) is 0 Å². The first-order chi connectivity index (χ1) is 24.6. The lowest BCUT2D eigenvalue weighted by atomic mass is 10.0. The van der Waals surface area contributed by atoms with E-state index < -0.39 is 5.97 Å². The second-order valence-corrected chi connectivity index (χ2v) is 15.2. The molecule has 0 heterocycles. The van der Waals surface area contributed by atoms with Crippen LogP contribution in [0.15, 0.2) is 24.3 Å². The lowest BCUT2D eigenvalue weighted by molar-refractivity contribution is -0.151. The van der Waals surface area contributed by atoms with E-state index in [1.54, 1.807) is 0 Å². The van der Waals surface area contributed by atoms with E-state index in [1.165, 1.54) is 180 Å². The number of unbranched alkanes of at least 4 members (excludes halogenated alkanes) is 29. The van der Waals surface area contributed by atoms with Gasteiger partial charge in [-0.1, -0.05) is 205 Å². The van der Waals surface area contributed by atoms with Crippen molar-refractivity contribution >= 4 is 11.9 Å². The molecule has 1 unspecified atom stereocenters. The highest BCUT2D eigenvalue weighted by Crippen LogP contribution is 2.18. The molecule has 0 amide bonds. The lowest BCUT2D eigenvalue weighted by Crippen LogP contribution is -2.19. The van der Waals surface area contributed by atoms with Gasteiger partial charge in [0.15, 0.2) is 0 Å². The maximum atomic E-state index is 12.5. The van der Waals surface area contributed by atoms with Crippen LogP contribution >= 0.6 is 0 Å². The SMILES string of the molecule is CCCCC/C=C\C/C=C\CCCCCCCCCCCC(=O)OC(CCCCCCCCCCCCCCCCCCCC)CCC(=O)O. The zero-order valence-electron chi connectivity index (χ0n) is 33.7. The molecule has 0 saturated heterocycles. The van der Waals surface area contributed by atoms with Crippen molar-refractivity contribution in [2.24, 2.45) is 0 Å². The van der Waals surface area contributed by atoms with E-state index in [4.69, 9.17) is 9.84 Å². The van der Waals surface area contributed by atoms with E-state index >= 15 is 0 Å². The first kappa shape index (κ1) is 48.4. The molecule has 0 rings (SSSR count). The molecule has 0 aromatic rings. The molecule has 0 saturated carbocycles. The minimum Gasteiger partial charge on any atom is -0.481 e. The standard InChI is InChI=1S/C46H86O4/c1-3-5-7-9-11-13-15-17-19-21-23-25-27-29-31-33-35-37-39-41-46(49)50-44(42-43-45(47)48)40-38-36-34-32-30-28-26-24-22-20-18-16-14-12-10-8-6-4-2/h11,13,17,19,44H,3-10,12,14-16,18,20-43H2,1-2H3,(H,47,48)/b13-11-,19-17-. The predicted molar refractivity (Wildman–Crippen MR) is 218 cm³/mol. The molecule has 0 radical (unpaired) electrons. The van der Waals surface area contributed by atoms with Gasteiger partial charge < -0.3 is 9.84 Å². The van der Waals surface area contributed by atoms with Crippen LogP contribution in [0, 0.1) is 0 Å². The fourth-order valence-corrected chi connectivity index (χ4v) is 6.85. The third-order valence-corrected chi connectivity index (χ3v) is 10.2. The summed E-state index contributed by atoms with van der Waals surface area (Å²) in [5.74, 6) is -0.947. The van der Waals surface area contributed by atoms with Crippen molar-refractivity contribution < 1.29 is 19.4 Å². The van der Waals surface area contributed by atoms with Crippen LogP contribution in [0.1, 0.15) is 251 Å². The number of ether oxygens (including phenoxy) is 1. The van der Waals surface area contributed by atoms with Crippen molar-refractivity contribution in [2.75, 3.05) is 0 Å². The number of esters is 1. The van der Waals surface area contributed by atoms with Crippen molar-refractivity contribution in [3.05, 3.63) is 24.3 Å². The molecule has 1 atom stereocenters. The summed E-state index contributed by atoms with van der Waals surface area (Å²) in [6.45, 7) is 4.54. The van der Waals surface area contributed by atoms with Gasteiger partial charge in [-0.05, 0) is 57.8 Å². The number of carboxylic acids is 1. The molecule has 294 valence electrons. The van der Waals surface area contributed by atoms with Crippen LogP contribution in [0.25, 0.3) is 0 Å². The van der Waals surface area contributed by atoms with Crippen molar-refractivity contribution in [2.45, 2.75) is 258 Å². The number of carbonyl (C=O) groups excluding carboxylic acids is 1. The molecule has 0 fully saturated rings. The smallest absolute Gasteiger partial charge is 0.306 e. The van der Waals surface area contributed by atoms with Crippen LogP contribution in [-0.4, -0.2) is 23.1 Å². The molecule has 0 aromatic carbocycles. The fraction of sp³-hybridized carbons (Fsp3) is 0.870. The van der Waals surface area contributed by atoms with Gasteiger partial charge in [0, 0.05) is 12.8 Å². The second kappa shape index (κ2) is 41.8. The average Bonchev–Trinajstić information content (AvgIpc) is 3.10. The summed E-state index contributed by atoms with van der Waals surface area (Å²) in [5, 5.41) is 9.16. The Morgan fingerprint density at radius 1 is 0.440 bits per heavy atom. The average molecular weight is 703 g/mol. The maximum absolute atomic E-state index is 12.5. The van der Waals surface area contributed by atoms with Crippen molar-refractivity contribution in [3.63, 3.8) is 0 Å². The molecule has 0 aromatic heterocycles. The Balaban J connectivity index is 3.67. The Morgan fingerprint density at radius 3 is 1.24 bits per heavy atom. The van der Waals surface area contributed by atoms with Crippen LogP contribution in [0.3, 0.4) is 0 Å². The minimum atomic E-state index is -0.808. The summed E-state index contributed by atoms with van der Waals surface area (Å²) in [5.41, 5.74) is 0. The normalized spacial score (nSPS) is 12.4. The van der Waals surface area contributed by atoms with Crippen molar-refractivity contribution in [3.8, 4) is 0 Å². The second-order valence-electron chi connectivity index (χ2n) is 15.2. The van der Waals surface area contributed by atoms with Crippen LogP contribution in [-0.2, 0) is 14.3 Å². The first-order valence-corrected chi connectivity index (χ1v) is 22.3. The molecule has 4 nitrogen and oxygen atoms in total. The number of allylic oxidation sites excluding steroid dienone is 4. The van der Waals surface area contributed by atoms with E-state index in [0.717, 1.165) is 38.5 Å². The van der Waals surface area contributed by atoms with Crippen LogP contribution in [0.5, 0.6) is 0 Å². The van der Waals surface area contributed by atoms with Gasteiger partial charge in [-0.2, -0.15) is 0 Å². The summed E-state index contributed by atoms with van der Waals surface area (Å²) in [6.07, 6.45) is 53.5. The van der Waals surface area contributed by atoms with Gasteiger partial charge >= 0.3 is 11.9 Å². The van der Waals surface area contributed by atoms with Crippen LogP contribution in [0.2, 0.25) is 0 Å². The molecule has 0 spiro atoms. The number of rotatable bonds is 41. The van der Waals surface area contributed by atoms with E-state index in [2.05, 4.69) is 38.2 Å². The molecule has 50 heavy (non-hydrogen) atoms. The highest BCUT2D eigenvalue weighted by atomic mass is 16.5. The van der Waals surface area contributed by atoms with Gasteiger partial charge in [0.05, 0.1) is 0 Å². The Hall–Kier alpha value is -1.58. The summed E-state index contributed by atoms with van der Waals surface area (Å²) >= 11 is 0. The Kier molecular flexibility index (Phi) is 40.5. The number of hydrogen-bond acceptors (Lipinski definition) is 3. The topological polar surface area (TPSA) is 63.6 Å². The van der Waals surface area contributed by atoms with Gasteiger partial charge in [0.2, 0.25) is 0 Å². The number of carbonyl (C=O) groups is 2. The zero-order valence-corrected chi connectivity index (χ0v) is 33.7. The minimum absolute atomic E-state index is 0.0740. The van der Waals surface area contributed by atoms with Gasteiger partial charge in [-0.15, -0.1) is 0 Å². The quantitative estimate of drug-likeness (QED) is 0.0391. The number of aliphatic carboxylic acids is 1. The van der Waals surface area contributed by atoms with Crippen molar-refractivity contribution in [1.82, 2.24) is 0 Å². The first-order valence-electron chi connectivity index (χ1n) is 22.3. The van der Waals surface area contributed by atoms with Gasteiger partial charge in [0.1, 0.15) is 6.10 Å². The Bertz CT molecular complexity index is 757. The van der Waals surface area contributed by atoms with E-state index in [0.29, 0.717) is 12.8 Å². The van der Waals surface area contributed by atoms with Gasteiger partial charge in [-0.25, -0.2) is 0 Å². The summed E-state index contributed by atoms with van der Waals surface area (Å²) in [6, 6.07) is 0. The Morgan fingerprint density at radius 2 is 0.800 bits per heavy atom. The highest BCUT2D eigenvalue weighted by molar-refractivity contribution is 5.69. The van der Waals surface area contributed by atoms with Gasteiger partial charge in [-0.3, -0.25) is 9.59 Å². The molecular weight excluding hydrogens is 617 g/mol. The van der Waals surface area contributed by atoms with Gasteiger partial charge in [0.25, 0.3) is 0 Å². The van der Waals surface area contributed by atoms with Crippen LogP contribution in [0.4, 0.5) is 0 Å². The van der Waals surface area contributed by atoms with E-state index in [-0.39, 0.29) is 18.5 Å². The molecule has 0 aliphatic rings. The molecule has 0 bridgehead atoms. The molecule has 1 N–H and O–H groups in total. The summed E-state index contributed by atoms with van der Waals surface area (Å²) in [7, 11) is 0. The van der Waals surface area contributed by atoms with Crippen LogP contribution < -0.4 is 0 Å². The van der Waals surface area contributed by atoms with Crippen molar-refractivity contribution in [1.29, 1.82) is 0 Å². The number of carboxylic acid groups (broad SMARTS) is 1. The Labute approximate surface area is 312 Å². The fourth-order valence-electron chi connectivity index (χ4n) is 6.85. The largest absolute Gasteiger partial charge is 0.481 e. The monoisotopic (exact) mass is 703 g/mol. The summed E-state index contributed by atoms with van der Waals surface area (Å²) < 4.78 is 5.76.